The van der Waals surface area contributed by atoms with Gasteiger partial charge in [0.1, 0.15) is 5.60 Å². The van der Waals surface area contributed by atoms with Crippen LogP contribution in [0.1, 0.15) is 32.3 Å². The quantitative estimate of drug-likeness (QED) is 0.845. The molecule has 1 aromatic carbocycles. The van der Waals surface area contributed by atoms with E-state index in [-0.39, 0.29) is 12.5 Å². The van der Waals surface area contributed by atoms with E-state index in [1.165, 1.54) is 0 Å². The lowest BCUT2D eigenvalue weighted by molar-refractivity contribution is -0.156. The van der Waals surface area contributed by atoms with E-state index in [0.717, 1.165) is 0 Å². The minimum absolute atomic E-state index is 0.179. The van der Waals surface area contributed by atoms with E-state index in [1.807, 2.05) is 32.9 Å². The van der Waals surface area contributed by atoms with Gasteiger partial charge < -0.3 is 10.5 Å². The van der Waals surface area contributed by atoms with Gasteiger partial charge in [0.2, 0.25) is 0 Å². The van der Waals surface area contributed by atoms with Crippen LogP contribution in [0.25, 0.3) is 0 Å². The standard InChI is InChI=1S/C13H18ClNO2/c1-13(2,3)17-12(16)10(8-15)9-6-4-5-7-11(9)14/h4-7,10H,8,15H2,1-3H3. The van der Waals surface area contributed by atoms with Gasteiger partial charge in [-0.25, -0.2) is 0 Å². The first kappa shape index (κ1) is 14.0. The normalized spacial score (nSPS) is 13.2. The maximum absolute atomic E-state index is 12.0. The summed E-state index contributed by atoms with van der Waals surface area (Å²) in [6.07, 6.45) is 0. The molecule has 0 fully saturated rings. The number of nitrogens with two attached hydrogens (primary N) is 1. The zero-order valence-corrected chi connectivity index (χ0v) is 11.1. The Bertz CT molecular complexity index is 399. The smallest absolute Gasteiger partial charge is 0.315 e. The Morgan fingerprint density at radius 1 is 1.41 bits per heavy atom. The Morgan fingerprint density at radius 3 is 2.47 bits per heavy atom. The summed E-state index contributed by atoms with van der Waals surface area (Å²) in [5.41, 5.74) is 5.83. The Labute approximate surface area is 107 Å². The highest BCUT2D eigenvalue weighted by Gasteiger charge is 2.26. The molecule has 0 heterocycles. The molecule has 0 radical (unpaired) electrons. The molecule has 2 N–H and O–H groups in total. The maximum Gasteiger partial charge on any atom is 0.315 e. The van der Waals surface area contributed by atoms with Gasteiger partial charge in [0.15, 0.2) is 0 Å². The molecule has 0 spiro atoms. The lowest BCUT2D eigenvalue weighted by atomic mass is 9.99. The van der Waals surface area contributed by atoms with E-state index in [2.05, 4.69) is 0 Å². The average molecular weight is 256 g/mol. The SMILES string of the molecule is CC(C)(C)OC(=O)C(CN)c1ccccc1Cl. The van der Waals surface area contributed by atoms with Crippen LogP contribution in [0.5, 0.6) is 0 Å². The summed E-state index contributed by atoms with van der Waals surface area (Å²) >= 11 is 6.05. The lowest BCUT2D eigenvalue weighted by Crippen LogP contribution is -2.31. The molecule has 0 saturated heterocycles. The molecule has 0 aliphatic heterocycles. The van der Waals surface area contributed by atoms with Gasteiger partial charge in [-0.2, -0.15) is 0 Å². The minimum atomic E-state index is -0.522. The predicted octanol–water partition coefficient (Wildman–Crippen LogP) is 2.72. The number of carbonyl (C=O) groups excluding carboxylic acids is 1. The van der Waals surface area contributed by atoms with Crippen molar-refractivity contribution in [2.75, 3.05) is 6.54 Å². The third kappa shape index (κ3) is 4.02. The predicted molar refractivity (Wildman–Crippen MR) is 69.1 cm³/mol. The van der Waals surface area contributed by atoms with Crippen LogP contribution in [0.4, 0.5) is 0 Å². The van der Waals surface area contributed by atoms with Crippen molar-refractivity contribution in [1.82, 2.24) is 0 Å². The summed E-state index contributed by atoms with van der Waals surface area (Å²) < 4.78 is 5.32. The summed E-state index contributed by atoms with van der Waals surface area (Å²) in [6, 6.07) is 7.18. The van der Waals surface area contributed by atoms with Gasteiger partial charge in [0, 0.05) is 11.6 Å². The van der Waals surface area contributed by atoms with Crippen molar-refractivity contribution in [3.8, 4) is 0 Å². The molecule has 1 atom stereocenters. The number of carbonyl (C=O) groups is 1. The fourth-order valence-electron chi connectivity index (χ4n) is 1.48. The number of benzene rings is 1. The van der Waals surface area contributed by atoms with E-state index >= 15 is 0 Å². The molecule has 3 nitrogen and oxygen atoms in total. The van der Waals surface area contributed by atoms with E-state index in [4.69, 9.17) is 22.1 Å². The highest BCUT2D eigenvalue weighted by atomic mass is 35.5. The third-order valence-electron chi connectivity index (χ3n) is 2.21. The number of ether oxygens (including phenoxy) is 1. The van der Waals surface area contributed by atoms with Gasteiger partial charge in [0.25, 0.3) is 0 Å². The first-order chi connectivity index (χ1) is 7.85. The van der Waals surface area contributed by atoms with Gasteiger partial charge >= 0.3 is 5.97 Å². The van der Waals surface area contributed by atoms with E-state index in [0.29, 0.717) is 10.6 Å². The van der Waals surface area contributed by atoms with Crippen molar-refractivity contribution in [3.63, 3.8) is 0 Å². The highest BCUT2D eigenvalue weighted by molar-refractivity contribution is 6.31. The molecule has 17 heavy (non-hydrogen) atoms. The molecule has 1 rings (SSSR count). The van der Waals surface area contributed by atoms with Gasteiger partial charge in [-0.1, -0.05) is 29.8 Å². The molecule has 0 amide bonds. The fourth-order valence-corrected chi connectivity index (χ4v) is 1.75. The van der Waals surface area contributed by atoms with Crippen LogP contribution in [0.2, 0.25) is 5.02 Å². The Kier molecular flexibility index (Phi) is 4.54. The molecular formula is C13H18ClNO2. The zero-order chi connectivity index (χ0) is 13.1. The molecule has 0 saturated carbocycles. The minimum Gasteiger partial charge on any atom is -0.459 e. The van der Waals surface area contributed by atoms with Gasteiger partial charge in [0.05, 0.1) is 5.92 Å². The number of hydrogen-bond donors (Lipinski definition) is 1. The molecule has 0 aliphatic rings. The van der Waals surface area contributed by atoms with Crippen LogP contribution in [0, 0.1) is 0 Å². The van der Waals surface area contributed by atoms with Crippen LogP contribution in [-0.2, 0) is 9.53 Å². The monoisotopic (exact) mass is 255 g/mol. The molecule has 4 heteroatoms. The Morgan fingerprint density at radius 2 is 2.00 bits per heavy atom. The molecule has 94 valence electrons. The molecule has 0 aliphatic carbocycles. The topological polar surface area (TPSA) is 52.3 Å². The van der Waals surface area contributed by atoms with Gasteiger partial charge in [-0.05, 0) is 32.4 Å². The second-order valence-corrected chi connectivity index (χ2v) is 5.25. The number of halogens is 1. The lowest BCUT2D eigenvalue weighted by Gasteiger charge is -2.23. The Hall–Kier alpha value is -1.06. The third-order valence-corrected chi connectivity index (χ3v) is 2.55. The zero-order valence-electron chi connectivity index (χ0n) is 10.4. The number of esters is 1. The largest absolute Gasteiger partial charge is 0.459 e. The molecule has 0 bridgehead atoms. The van der Waals surface area contributed by atoms with Crippen molar-refractivity contribution in [1.29, 1.82) is 0 Å². The van der Waals surface area contributed by atoms with E-state index < -0.39 is 11.5 Å². The summed E-state index contributed by atoms with van der Waals surface area (Å²) in [5.74, 6) is -0.851. The molecular weight excluding hydrogens is 238 g/mol. The summed E-state index contributed by atoms with van der Waals surface area (Å²) in [5, 5.41) is 0.536. The summed E-state index contributed by atoms with van der Waals surface area (Å²) in [4.78, 5) is 12.0. The Balaban J connectivity index is 2.93. The average Bonchev–Trinajstić information content (AvgIpc) is 2.19. The molecule has 1 aromatic rings. The summed E-state index contributed by atoms with van der Waals surface area (Å²) in [7, 11) is 0. The first-order valence-corrected chi connectivity index (χ1v) is 5.90. The van der Waals surface area contributed by atoms with Crippen LogP contribution in [-0.4, -0.2) is 18.1 Å². The van der Waals surface area contributed by atoms with Crippen molar-refractivity contribution < 1.29 is 9.53 Å². The second-order valence-electron chi connectivity index (χ2n) is 4.84. The van der Waals surface area contributed by atoms with E-state index in [1.54, 1.807) is 12.1 Å². The highest BCUT2D eigenvalue weighted by Crippen LogP contribution is 2.26. The summed E-state index contributed by atoms with van der Waals surface area (Å²) in [6.45, 7) is 5.65. The van der Waals surface area contributed by atoms with Crippen molar-refractivity contribution in [3.05, 3.63) is 34.9 Å². The van der Waals surface area contributed by atoms with Crippen LogP contribution >= 0.6 is 11.6 Å². The van der Waals surface area contributed by atoms with Crippen LogP contribution < -0.4 is 5.73 Å². The molecule has 1 unspecified atom stereocenters. The fraction of sp³-hybridized carbons (Fsp3) is 0.462. The van der Waals surface area contributed by atoms with Crippen LogP contribution in [0.15, 0.2) is 24.3 Å². The number of hydrogen-bond acceptors (Lipinski definition) is 3. The number of rotatable bonds is 3. The van der Waals surface area contributed by atoms with E-state index in [9.17, 15) is 4.79 Å². The van der Waals surface area contributed by atoms with Crippen molar-refractivity contribution in [2.24, 2.45) is 5.73 Å². The maximum atomic E-state index is 12.0. The first-order valence-electron chi connectivity index (χ1n) is 5.52. The second kappa shape index (κ2) is 5.52. The van der Waals surface area contributed by atoms with Gasteiger partial charge in [-0.3, -0.25) is 4.79 Å². The van der Waals surface area contributed by atoms with Crippen LogP contribution in [0.3, 0.4) is 0 Å². The van der Waals surface area contributed by atoms with Gasteiger partial charge in [-0.15, -0.1) is 0 Å². The van der Waals surface area contributed by atoms with Crippen molar-refractivity contribution in [2.45, 2.75) is 32.3 Å². The van der Waals surface area contributed by atoms with Crippen molar-refractivity contribution >= 4 is 17.6 Å². The molecule has 0 aromatic heterocycles.